The molecular weight excluding hydrogens is 462 g/mol. The summed E-state index contributed by atoms with van der Waals surface area (Å²) < 4.78 is 4.74. The Balaban J connectivity index is 1.77. The molecule has 4 aromatic rings. The van der Waals surface area contributed by atoms with Crippen LogP contribution in [0, 0.1) is 0 Å². The number of carbonyl (C=O) groups excluding carboxylic acids is 1. The zero-order chi connectivity index (χ0) is 24.9. The van der Waals surface area contributed by atoms with Crippen LogP contribution in [0.2, 0.25) is 5.02 Å². The number of rotatable bonds is 8. The van der Waals surface area contributed by atoms with Gasteiger partial charge in [-0.15, -0.1) is 0 Å². The van der Waals surface area contributed by atoms with Gasteiger partial charge < -0.3 is 19.7 Å². The van der Waals surface area contributed by atoms with Gasteiger partial charge in [-0.25, -0.2) is 4.99 Å². The second-order valence-corrected chi connectivity index (χ2v) is 9.11. The van der Waals surface area contributed by atoms with Gasteiger partial charge in [-0.05, 0) is 55.9 Å². The van der Waals surface area contributed by atoms with E-state index in [0.29, 0.717) is 29.1 Å². The van der Waals surface area contributed by atoms with Gasteiger partial charge >= 0.3 is 5.97 Å². The van der Waals surface area contributed by atoms with Crippen LogP contribution in [0.3, 0.4) is 0 Å². The van der Waals surface area contributed by atoms with Crippen LogP contribution in [-0.2, 0) is 22.5 Å². The van der Waals surface area contributed by atoms with E-state index in [2.05, 4.69) is 22.0 Å². The average molecular weight is 490 g/mol. The maximum Gasteiger partial charge on any atom is 0.305 e. The number of carbonyl (C=O) groups is 1. The molecule has 1 heterocycles. The molecule has 0 fully saturated rings. The van der Waals surface area contributed by atoms with E-state index in [-0.39, 0.29) is 11.8 Å². The molecule has 2 N–H and O–H groups in total. The summed E-state index contributed by atoms with van der Waals surface area (Å²) in [7, 11) is 5.46. The van der Waals surface area contributed by atoms with Crippen LogP contribution in [0.1, 0.15) is 28.7 Å². The number of fused-ring (bicyclic) bond motifs is 1. The van der Waals surface area contributed by atoms with Gasteiger partial charge in [0.05, 0.1) is 29.6 Å². The Morgan fingerprint density at radius 1 is 1.03 bits per heavy atom. The summed E-state index contributed by atoms with van der Waals surface area (Å²) in [6.07, 6.45) is 0.906. The van der Waals surface area contributed by atoms with Crippen LogP contribution in [0.25, 0.3) is 10.9 Å². The normalized spacial score (nSPS) is 11.9. The highest BCUT2D eigenvalue weighted by atomic mass is 35.5. The van der Waals surface area contributed by atoms with Gasteiger partial charge in [0.2, 0.25) is 0 Å². The van der Waals surface area contributed by atoms with Gasteiger partial charge in [0, 0.05) is 28.9 Å². The number of H-pyrrole nitrogens is 1. The third-order valence-electron chi connectivity index (χ3n) is 5.73. The Morgan fingerprint density at radius 3 is 2.37 bits per heavy atom. The molecular formula is C28H28ClN3O3. The molecule has 3 aromatic carbocycles. The number of aromatic amines is 1. The van der Waals surface area contributed by atoms with Crippen LogP contribution >= 0.6 is 11.6 Å². The van der Waals surface area contributed by atoms with Crippen LogP contribution < -0.4 is 0 Å². The summed E-state index contributed by atoms with van der Waals surface area (Å²) >= 11 is 6.17. The first-order valence-electron chi connectivity index (χ1n) is 11.3. The number of ether oxygens (including phenoxy) is 1. The molecule has 0 aliphatic carbocycles. The number of methoxy groups -OCH3 is 1. The smallest absolute Gasteiger partial charge is 0.305 e. The maximum atomic E-state index is 11.5. The largest absolute Gasteiger partial charge is 0.494 e. The molecule has 0 unspecified atom stereocenters. The Labute approximate surface area is 209 Å². The monoisotopic (exact) mass is 489 g/mol. The van der Waals surface area contributed by atoms with Crippen LogP contribution in [0.4, 0.5) is 5.69 Å². The molecule has 35 heavy (non-hydrogen) atoms. The Bertz CT molecular complexity index is 1360. The molecule has 1 aromatic heterocycles. The average Bonchev–Trinajstić information content (AvgIpc) is 3.16. The SMILES string of the molecule is COC(=O)CCc1ccc(C(=Nc2ccc(CN(C)C)cc2)c2c(O)[nH]c3cc(Cl)ccc23)cc1. The van der Waals surface area contributed by atoms with Crippen LogP contribution in [0.5, 0.6) is 5.88 Å². The minimum atomic E-state index is -0.239. The highest BCUT2D eigenvalue weighted by molar-refractivity contribution is 6.31. The van der Waals surface area contributed by atoms with Gasteiger partial charge in [-0.3, -0.25) is 4.79 Å². The maximum absolute atomic E-state index is 11.5. The van der Waals surface area contributed by atoms with E-state index in [1.54, 1.807) is 12.1 Å². The quantitative estimate of drug-likeness (QED) is 0.240. The minimum Gasteiger partial charge on any atom is -0.494 e. The fourth-order valence-corrected chi connectivity index (χ4v) is 4.18. The lowest BCUT2D eigenvalue weighted by Gasteiger charge is -2.11. The topological polar surface area (TPSA) is 77.9 Å². The van der Waals surface area contributed by atoms with E-state index in [0.717, 1.165) is 34.3 Å². The fraction of sp³-hybridized carbons (Fsp3) is 0.214. The van der Waals surface area contributed by atoms with E-state index in [1.165, 1.54) is 12.7 Å². The van der Waals surface area contributed by atoms with Crippen molar-refractivity contribution in [1.82, 2.24) is 9.88 Å². The second kappa shape index (κ2) is 10.8. The zero-order valence-corrected chi connectivity index (χ0v) is 20.8. The number of nitrogens with one attached hydrogen (secondary N) is 1. The summed E-state index contributed by atoms with van der Waals surface area (Å²) in [5, 5.41) is 12.3. The fourth-order valence-electron chi connectivity index (χ4n) is 4.01. The molecule has 0 aliphatic rings. The number of aromatic nitrogens is 1. The number of halogens is 1. The molecule has 0 radical (unpaired) electrons. The minimum absolute atomic E-state index is 0.0278. The van der Waals surface area contributed by atoms with Crippen molar-refractivity contribution in [2.24, 2.45) is 4.99 Å². The number of hydrogen-bond donors (Lipinski definition) is 2. The Hall–Kier alpha value is -3.61. The van der Waals surface area contributed by atoms with E-state index in [4.69, 9.17) is 21.3 Å². The van der Waals surface area contributed by atoms with Crippen molar-refractivity contribution in [1.29, 1.82) is 0 Å². The molecule has 0 spiro atoms. The number of aliphatic imine (C=N–C) groups is 1. The zero-order valence-electron chi connectivity index (χ0n) is 20.0. The molecule has 0 atom stereocenters. The highest BCUT2D eigenvalue weighted by Crippen LogP contribution is 2.33. The molecule has 7 heteroatoms. The predicted molar refractivity (Wildman–Crippen MR) is 141 cm³/mol. The molecule has 0 aliphatic heterocycles. The lowest BCUT2D eigenvalue weighted by molar-refractivity contribution is -0.140. The predicted octanol–water partition coefficient (Wildman–Crippen LogP) is 5.86. The van der Waals surface area contributed by atoms with Gasteiger partial charge in [0.25, 0.3) is 0 Å². The molecule has 6 nitrogen and oxygen atoms in total. The van der Waals surface area contributed by atoms with Gasteiger partial charge in [-0.2, -0.15) is 0 Å². The molecule has 0 amide bonds. The first-order valence-corrected chi connectivity index (χ1v) is 11.7. The summed E-state index contributed by atoms with van der Waals surface area (Å²) in [5.74, 6) is -0.212. The number of esters is 1. The van der Waals surface area contributed by atoms with Crippen molar-refractivity contribution < 1.29 is 14.6 Å². The lowest BCUT2D eigenvalue weighted by Crippen LogP contribution is -2.10. The molecule has 4 rings (SSSR count). The molecule has 0 saturated carbocycles. The molecule has 180 valence electrons. The van der Waals surface area contributed by atoms with Gasteiger partial charge in [0.15, 0.2) is 5.88 Å². The summed E-state index contributed by atoms with van der Waals surface area (Å²) in [6, 6.07) is 21.4. The second-order valence-electron chi connectivity index (χ2n) is 8.68. The molecule has 0 bridgehead atoms. The van der Waals surface area contributed by atoms with E-state index in [9.17, 15) is 9.90 Å². The first kappa shape index (κ1) is 24.5. The van der Waals surface area contributed by atoms with E-state index in [1.807, 2.05) is 56.6 Å². The summed E-state index contributed by atoms with van der Waals surface area (Å²) in [6.45, 7) is 0.841. The molecule has 0 saturated heterocycles. The number of benzene rings is 3. The third-order valence-corrected chi connectivity index (χ3v) is 5.96. The Kier molecular flexibility index (Phi) is 7.54. The van der Waals surface area contributed by atoms with Crippen molar-refractivity contribution in [2.45, 2.75) is 19.4 Å². The first-order chi connectivity index (χ1) is 16.8. The van der Waals surface area contributed by atoms with Crippen molar-refractivity contribution in [2.75, 3.05) is 21.2 Å². The van der Waals surface area contributed by atoms with Crippen LogP contribution in [0.15, 0.2) is 71.7 Å². The number of aryl methyl sites for hydroxylation is 1. The van der Waals surface area contributed by atoms with Crippen LogP contribution in [-0.4, -0.2) is 47.9 Å². The van der Waals surface area contributed by atoms with Crippen molar-refractivity contribution in [3.05, 3.63) is 94.0 Å². The van der Waals surface area contributed by atoms with E-state index < -0.39 is 0 Å². The summed E-state index contributed by atoms with van der Waals surface area (Å²) in [4.78, 5) is 21.6. The van der Waals surface area contributed by atoms with Crippen molar-refractivity contribution >= 4 is 39.9 Å². The Morgan fingerprint density at radius 2 is 1.71 bits per heavy atom. The van der Waals surface area contributed by atoms with E-state index >= 15 is 0 Å². The van der Waals surface area contributed by atoms with Crippen molar-refractivity contribution in [3.8, 4) is 5.88 Å². The number of aromatic hydroxyl groups is 1. The number of hydrogen-bond acceptors (Lipinski definition) is 5. The van der Waals surface area contributed by atoms with Crippen molar-refractivity contribution in [3.63, 3.8) is 0 Å². The lowest BCUT2D eigenvalue weighted by atomic mass is 9.98. The summed E-state index contributed by atoms with van der Waals surface area (Å²) in [5.41, 5.74) is 5.80. The standard InChI is InChI=1S/C28H28ClN3O3/c1-32(2)17-19-6-12-22(13-7-19)30-27(20-9-4-18(5-10-20)8-15-25(33)35-3)26-23-14-11-21(29)16-24(23)31-28(26)34/h4-7,9-14,16,31,34H,8,15,17H2,1-3H3. The van der Waals surface area contributed by atoms with Gasteiger partial charge in [0.1, 0.15) is 0 Å². The third kappa shape index (κ3) is 5.91. The van der Waals surface area contributed by atoms with Gasteiger partial charge in [-0.1, -0.05) is 54.1 Å². The highest BCUT2D eigenvalue weighted by Gasteiger charge is 2.19. The number of nitrogens with zero attached hydrogens (tertiary/aromatic N) is 2.